The van der Waals surface area contributed by atoms with E-state index >= 15 is 8.78 Å². The van der Waals surface area contributed by atoms with Crippen molar-refractivity contribution in [1.82, 2.24) is 10.6 Å². The summed E-state index contributed by atoms with van der Waals surface area (Å²) in [4.78, 5) is 24.5. The number of rotatable bonds is 5. The maximum Gasteiger partial charge on any atom is 0.223 e. The van der Waals surface area contributed by atoms with Crippen molar-refractivity contribution in [3.63, 3.8) is 0 Å². The van der Waals surface area contributed by atoms with Gasteiger partial charge in [-0.05, 0) is 50.4 Å². The van der Waals surface area contributed by atoms with Crippen LogP contribution in [0.4, 0.5) is 13.2 Å². The number of fused-ring (bicyclic) bond motifs is 2. The summed E-state index contributed by atoms with van der Waals surface area (Å²) in [6.45, 7) is 1.27. The Balaban J connectivity index is 1.67. The Kier molecular flexibility index (Phi) is 6.07. The quantitative estimate of drug-likeness (QED) is 0.510. The molecular weight excluding hydrogens is 468 g/mol. The molecule has 4 rings (SSSR count). The van der Waals surface area contributed by atoms with E-state index in [1.807, 2.05) is 0 Å². The predicted octanol–water partition coefficient (Wildman–Crippen LogP) is 4.92. The van der Waals surface area contributed by atoms with Gasteiger partial charge in [0.1, 0.15) is 11.8 Å². The van der Waals surface area contributed by atoms with E-state index in [0.29, 0.717) is 12.8 Å². The van der Waals surface area contributed by atoms with E-state index in [0.717, 1.165) is 6.07 Å². The summed E-state index contributed by atoms with van der Waals surface area (Å²) in [6, 6.07) is -0.845. The second-order valence-corrected chi connectivity index (χ2v) is 10.3. The van der Waals surface area contributed by atoms with E-state index in [2.05, 4.69) is 10.6 Å². The molecule has 3 fully saturated rings. The maximum atomic E-state index is 15.1. The van der Waals surface area contributed by atoms with Crippen molar-refractivity contribution >= 4 is 35.0 Å². The predicted molar refractivity (Wildman–Crippen MR) is 114 cm³/mol. The average molecular weight is 493 g/mol. The fourth-order valence-electron chi connectivity index (χ4n) is 5.84. The normalized spacial score (nSPS) is 34.5. The second kappa shape index (κ2) is 8.28. The lowest BCUT2D eigenvalue weighted by Crippen LogP contribution is -2.42. The average Bonchev–Trinajstić information content (AvgIpc) is 3.36. The summed E-state index contributed by atoms with van der Waals surface area (Å²) < 4.78 is 44.5. The number of halogens is 5. The second-order valence-electron chi connectivity index (χ2n) is 9.54. The van der Waals surface area contributed by atoms with Gasteiger partial charge < -0.3 is 15.7 Å². The highest BCUT2D eigenvalue weighted by molar-refractivity contribution is 6.42. The van der Waals surface area contributed by atoms with Crippen LogP contribution >= 0.6 is 23.2 Å². The highest BCUT2D eigenvalue weighted by atomic mass is 35.5. The number of hydrogen-bond acceptors (Lipinski definition) is 3. The largest absolute Gasteiger partial charge is 0.505 e. The van der Waals surface area contributed by atoms with E-state index in [-0.39, 0.29) is 47.7 Å². The molecule has 10 heteroatoms. The first-order valence-electron chi connectivity index (χ1n) is 10.7. The van der Waals surface area contributed by atoms with E-state index in [9.17, 15) is 19.1 Å². The van der Waals surface area contributed by atoms with Crippen molar-refractivity contribution in [2.75, 3.05) is 0 Å². The number of carbonyl (C=O) groups excluding carboxylic acids is 2. The number of phenolic OH excluding ortho intramolecular Hbond substituents is 1. The minimum absolute atomic E-state index is 0.0888. The Morgan fingerprint density at radius 1 is 1.22 bits per heavy atom. The van der Waals surface area contributed by atoms with Gasteiger partial charge in [0, 0.05) is 24.5 Å². The number of nitrogens with one attached hydrogen (secondary N) is 2. The van der Waals surface area contributed by atoms with Crippen LogP contribution < -0.4 is 10.6 Å². The summed E-state index contributed by atoms with van der Waals surface area (Å²) in [5, 5.41) is 15.1. The molecular formula is C22H25Cl2F3N2O3. The summed E-state index contributed by atoms with van der Waals surface area (Å²) >= 11 is 12.4. The van der Waals surface area contributed by atoms with Crippen molar-refractivity contribution in [1.29, 1.82) is 0 Å². The van der Waals surface area contributed by atoms with Gasteiger partial charge in [-0.3, -0.25) is 9.59 Å². The Labute approximate surface area is 194 Å². The summed E-state index contributed by atoms with van der Waals surface area (Å²) in [6.07, 6.45) is 0.108. The van der Waals surface area contributed by atoms with Gasteiger partial charge in [0.05, 0.1) is 22.1 Å². The molecule has 0 aromatic heterocycles. The third kappa shape index (κ3) is 4.04. The molecule has 3 N–H and O–H groups in total. The number of aromatic hydroxyl groups is 1. The SMILES string of the molecule is CC(=O)N[C@H]1C[C@H](C(=O)NC(c2c(F)c(O)cc(Cl)c2Cl)C23CCC(F)(CC2)C3)C[C@@H]1F. The topological polar surface area (TPSA) is 78.4 Å². The summed E-state index contributed by atoms with van der Waals surface area (Å²) in [5.74, 6) is -3.42. The zero-order valence-electron chi connectivity index (χ0n) is 17.5. The van der Waals surface area contributed by atoms with Crippen molar-refractivity contribution in [3.8, 4) is 5.75 Å². The van der Waals surface area contributed by atoms with Gasteiger partial charge in [-0.25, -0.2) is 13.2 Å². The molecule has 3 aliphatic carbocycles. The number of phenols is 1. The molecule has 3 saturated carbocycles. The highest BCUT2D eigenvalue weighted by Gasteiger charge is 2.59. The number of carbonyl (C=O) groups is 2. The Morgan fingerprint density at radius 2 is 1.88 bits per heavy atom. The molecule has 3 aliphatic rings. The van der Waals surface area contributed by atoms with Crippen LogP contribution in [0.2, 0.25) is 10.0 Å². The molecule has 2 bridgehead atoms. The van der Waals surface area contributed by atoms with Gasteiger partial charge in [0.2, 0.25) is 11.8 Å². The third-order valence-electron chi connectivity index (χ3n) is 7.41. The molecule has 1 aromatic rings. The molecule has 0 saturated heterocycles. The van der Waals surface area contributed by atoms with Gasteiger partial charge in [0.25, 0.3) is 0 Å². The lowest BCUT2D eigenvalue weighted by atomic mass is 9.74. The summed E-state index contributed by atoms with van der Waals surface area (Å²) in [7, 11) is 0. The molecule has 1 aromatic carbocycles. The molecule has 1 unspecified atom stereocenters. The fraction of sp³-hybridized carbons (Fsp3) is 0.636. The van der Waals surface area contributed by atoms with Crippen LogP contribution in [0.15, 0.2) is 6.07 Å². The Bertz CT molecular complexity index is 927. The van der Waals surface area contributed by atoms with Crippen LogP contribution in [0.1, 0.15) is 63.5 Å². The smallest absolute Gasteiger partial charge is 0.223 e. The first-order valence-corrected chi connectivity index (χ1v) is 11.5. The zero-order chi connectivity index (χ0) is 23.4. The van der Waals surface area contributed by atoms with E-state index in [1.54, 1.807) is 0 Å². The van der Waals surface area contributed by atoms with Crippen LogP contribution in [0.3, 0.4) is 0 Å². The summed E-state index contributed by atoms with van der Waals surface area (Å²) in [5.41, 5.74) is -2.36. The Morgan fingerprint density at radius 3 is 2.44 bits per heavy atom. The van der Waals surface area contributed by atoms with E-state index in [1.165, 1.54) is 6.92 Å². The number of alkyl halides is 2. The van der Waals surface area contributed by atoms with E-state index in [4.69, 9.17) is 23.2 Å². The van der Waals surface area contributed by atoms with E-state index < -0.39 is 58.6 Å². The Hall–Kier alpha value is -1.67. The van der Waals surface area contributed by atoms with Crippen LogP contribution in [0.25, 0.3) is 0 Å². The van der Waals surface area contributed by atoms with Crippen molar-refractivity contribution in [2.45, 2.75) is 75.8 Å². The minimum atomic E-state index is -1.39. The van der Waals surface area contributed by atoms with Gasteiger partial charge in [-0.1, -0.05) is 23.2 Å². The van der Waals surface area contributed by atoms with Gasteiger partial charge in [0.15, 0.2) is 11.6 Å². The maximum absolute atomic E-state index is 15.1. The van der Waals surface area contributed by atoms with Crippen molar-refractivity contribution in [3.05, 3.63) is 27.5 Å². The molecule has 32 heavy (non-hydrogen) atoms. The number of amides is 2. The first kappa shape index (κ1) is 23.5. The first-order chi connectivity index (χ1) is 14.9. The highest BCUT2D eigenvalue weighted by Crippen LogP contribution is 2.64. The lowest BCUT2D eigenvalue weighted by Gasteiger charge is -2.38. The molecule has 0 heterocycles. The molecule has 4 atom stereocenters. The molecule has 0 spiro atoms. The zero-order valence-corrected chi connectivity index (χ0v) is 19.0. The van der Waals surface area contributed by atoms with Crippen LogP contribution in [0, 0.1) is 17.2 Å². The van der Waals surface area contributed by atoms with Crippen molar-refractivity contribution in [2.24, 2.45) is 11.3 Å². The van der Waals surface area contributed by atoms with Gasteiger partial charge in [-0.15, -0.1) is 0 Å². The van der Waals surface area contributed by atoms with Gasteiger partial charge in [-0.2, -0.15) is 0 Å². The molecule has 5 nitrogen and oxygen atoms in total. The fourth-order valence-corrected chi connectivity index (χ4v) is 6.29. The molecule has 2 amide bonds. The van der Waals surface area contributed by atoms with Crippen LogP contribution in [-0.2, 0) is 9.59 Å². The lowest BCUT2D eigenvalue weighted by molar-refractivity contribution is -0.127. The van der Waals surface area contributed by atoms with Crippen molar-refractivity contribution < 1.29 is 27.9 Å². The standard InChI is InChI=1S/C22H25Cl2F3N2O3/c1-10(30)28-14-7-11(6-13(14)25)20(32)29-19(21-2-4-22(27,9-21)5-3-21)16-17(24)12(23)8-15(31)18(16)26/h8,11,13-14,19,31H,2-7,9H2,1H3,(H,28,30)(H,29,32)/t11-,13+,14+,19?,21?,22?/m1/s1. The third-order valence-corrected chi connectivity index (χ3v) is 8.22. The number of benzene rings is 1. The minimum Gasteiger partial charge on any atom is -0.505 e. The number of hydrogen-bond donors (Lipinski definition) is 3. The molecule has 176 valence electrons. The van der Waals surface area contributed by atoms with Crippen LogP contribution in [0.5, 0.6) is 5.75 Å². The monoisotopic (exact) mass is 492 g/mol. The van der Waals surface area contributed by atoms with Gasteiger partial charge >= 0.3 is 0 Å². The van der Waals surface area contributed by atoms with Crippen LogP contribution in [-0.4, -0.2) is 34.8 Å². The molecule has 0 radical (unpaired) electrons. The molecule has 0 aliphatic heterocycles.